The molecule has 0 saturated carbocycles. The van der Waals surface area contributed by atoms with E-state index in [1.54, 1.807) is 6.07 Å². The summed E-state index contributed by atoms with van der Waals surface area (Å²) in [6, 6.07) is 34.2. The number of rotatable bonds is 9. The summed E-state index contributed by atoms with van der Waals surface area (Å²) in [7, 11) is 0. The second-order valence-electron chi connectivity index (χ2n) is 9.05. The van der Waals surface area contributed by atoms with Crippen molar-refractivity contribution in [3.63, 3.8) is 0 Å². The molecule has 0 bridgehead atoms. The third-order valence-electron chi connectivity index (χ3n) is 6.31. The van der Waals surface area contributed by atoms with E-state index in [2.05, 4.69) is 12.2 Å². The van der Waals surface area contributed by atoms with Crippen LogP contribution in [0.2, 0.25) is 0 Å². The molecule has 0 unspecified atom stereocenters. The fourth-order valence-corrected chi connectivity index (χ4v) is 4.18. The lowest BCUT2D eigenvalue weighted by Gasteiger charge is -2.11. The number of anilines is 1. The number of amides is 1. The molecule has 4 aromatic carbocycles. The highest BCUT2D eigenvalue weighted by atomic mass is 16.5. The lowest BCUT2D eigenvalue weighted by Crippen LogP contribution is -2.21. The number of carbonyl (C=O) groups is 2. The largest absolute Gasteiger partial charge is 0.489 e. The number of nitrogens with zero attached hydrogens (tertiary/aromatic N) is 1. The van der Waals surface area contributed by atoms with Gasteiger partial charge in [-0.3, -0.25) is 4.79 Å². The van der Waals surface area contributed by atoms with Crippen LogP contribution in [0.3, 0.4) is 0 Å². The minimum atomic E-state index is -0.589. The van der Waals surface area contributed by atoms with Crippen LogP contribution in [0.15, 0.2) is 109 Å². The molecule has 0 aliphatic heterocycles. The van der Waals surface area contributed by atoms with Crippen LogP contribution in [0.25, 0.3) is 22.2 Å². The first-order valence-electron chi connectivity index (χ1n) is 12.8. The number of pyridine rings is 1. The van der Waals surface area contributed by atoms with E-state index in [1.165, 1.54) is 5.56 Å². The van der Waals surface area contributed by atoms with E-state index in [9.17, 15) is 9.59 Å². The smallest absolute Gasteiger partial charge is 0.339 e. The zero-order valence-electron chi connectivity index (χ0n) is 21.6. The molecule has 6 heteroatoms. The third-order valence-corrected chi connectivity index (χ3v) is 6.31. The molecule has 0 atom stereocenters. The average Bonchev–Trinajstić information content (AvgIpc) is 2.99. The van der Waals surface area contributed by atoms with Gasteiger partial charge in [0.1, 0.15) is 12.4 Å². The van der Waals surface area contributed by atoms with Gasteiger partial charge in [-0.25, -0.2) is 9.78 Å². The van der Waals surface area contributed by atoms with Crippen LogP contribution in [0.5, 0.6) is 5.75 Å². The fraction of sp³-hybridized carbons (Fsp3) is 0.121. The zero-order chi connectivity index (χ0) is 27.0. The van der Waals surface area contributed by atoms with E-state index in [-0.39, 0.29) is 0 Å². The number of benzene rings is 4. The van der Waals surface area contributed by atoms with Gasteiger partial charge in [-0.15, -0.1) is 0 Å². The summed E-state index contributed by atoms with van der Waals surface area (Å²) in [6.07, 6.45) is 0.917. The lowest BCUT2D eigenvalue weighted by molar-refractivity contribution is -0.119. The second kappa shape index (κ2) is 12.0. The average molecular weight is 517 g/mol. The number of para-hydroxylation sites is 1. The van der Waals surface area contributed by atoms with Gasteiger partial charge in [-0.2, -0.15) is 0 Å². The molecule has 1 amide bonds. The van der Waals surface area contributed by atoms with Crippen LogP contribution in [-0.4, -0.2) is 23.5 Å². The Balaban J connectivity index is 1.29. The molecule has 1 aromatic heterocycles. The molecule has 1 N–H and O–H groups in total. The Bertz CT molecular complexity index is 1580. The van der Waals surface area contributed by atoms with Crippen LogP contribution < -0.4 is 10.1 Å². The summed E-state index contributed by atoms with van der Waals surface area (Å²) in [6.45, 7) is 2.15. The lowest BCUT2D eigenvalue weighted by atomic mass is 10.0. The molecule has 0 aliphatic carbocycles. The van der Waals surface area contributed by atoms with E-state index in [0.29, 0.717) is 34.5 Å². The molecule has 5 rings (SSSR count). The van der Waals surface area contributed by atoms with Crippen molar-refractivity contribution in [2.75, 3.05) is 11.9 Å². The first kappa shape index (κ1) is 25.7. The molecule has 6 nitrogen and oxygen atoms in total. The van der Waals surface area contributed by atoms with Gasteiger partial charge in [-0.1, -0.05) is 67.6 Å². The maximum atomic E-state index is 13.1. The van der Waals surface area contributed by atoms with Crippen LogP contribution >= 0.6 is 0 Å². The Labute approximate surface area is 227 Å². The number of aryl methyl sites for hydroxylation is 1. The monoisotopic (exact) mass is 516 g/mol. The van der Waals surface area contributed by atoms with Crippen molar-refractivity contribution in [3.8, 4) is 17.0 Å². The number of hydrogen-bond acceptors (Lipinski definition) is 5. The normalized spacial score (nSPS) is 10.7. The van der Waals surface area contributed by atoms with Gasteiger partial charge in [-0.05, 0) is 66.1 Å². The highest BCUT2D eigenvalue weighted by Gasteiger charge is 2.17. The summed E-state index contributed by atoms with van der Waals surface area (Å²) in [5, 5.41) is 3.42. The van der Waals surface area contributed by atoms with Gasteiger partial charge < -0.3 is 14.8 Å². The molecule has 0 saturated heterocycles. The van der Waals surface area contributed by atoms with E-state index in [0.717, 1.165) is 23.3 Å². The van der Waals surface area contributed by atoms with Gasteiger partial charge in [0, 0.05) is 16.6 Å². The minimum Gasteiger partial charge on any atom is -0.489 e. The molecule has 1 heterocycles. The van der Waals surface area contributed by atoms with Crippen LogP contribution in [0, 0.1) is 0 Å². The Morgan fingerprint density at radius 1 is 0.795 bits per heavy atom. The Hall–Kier alpha value is -4.97. The van der Waals surface area contributed by atoms with Gasteiger partial charge >= 0.3 is 5.97 Å². The number of hydrogen-bond donors (Lipinski definition) is 1. The highest BCUT2D eigenvalue weighted by molar-refractivity contribution is 6.05. The molecular weight excluding hydrogens is 488 g/mol. The van der Waals surface area contributed by atoms with Crippen molar-refractivity contribution in [1.82, 2.24) is 4.98 Å². The maximum absolute atomic E-state index is 13.1. The molecule has 39 heavy (non-hydrogen) atoms. The van der Waals surface area contributed by atoms with Crippen LogP contribution in [0.1, 0.15) is 28.4 Å². The number of fused-ring (bicyclic) bond motifs is 1. The maximum Gasteiger partial charge on any atom is 0.339 e. The Morgan fingerprint density at radius 3 is 2.26 bits per heavy atom. The Kier molecular flexibility index (Phi) is 7.93. The molecule has 5 aromatic rings. The number of aromatic nitrogens is 1. The summed E-state index contributed by atoms with van der Waals surface area (Å²) >= 11 is 0. The zero-order valence-corrected chi connectivity index (χ0v) is 21.6. The second-order valence-corrected chi connectivity index (χ2v) is 9.05. The molecule has 194 valence electrons. The first-order chi connectivity index (χ1) is 19.1. The van der Waals surface area contributed by atoms with Crippen molar-refractivity contribution in [3.05, 3.63) is 126 Å². The topological polar surface area (TPSA) is 77.5 Å². The number of ether oxygens (including phenoxy) is 2. The predicted molar refractivity (Wildman–Crippen MR) is 153 cm³/mol. The summed E-state index contributed by atoms with van der Waals surface area (Å²) in [5.41, 5.74) is 5.37. The van der Waals surface area contributed by atoms with Crippen molar-refractivity contribution < 1.29 is 19.1 Å². The van der Waals surface area contributed by atoms with Gasteiger partial charge in [0.2, 0.25) is 0 Å². The van der Waals surface area contributed by atoms with E-state index >= 15 is 0 Å². The molecular formula is C33H28N2O4. The van der Waals surface area contributed by atoms with Crippen molar-refractivity contribution >= 4 is 28.5 Å². The quantitative estimate of drug-likeness (QED) is 0.217. The number of esters is 1. The van der Waals surface area contributed by atoms with Crippen molar-refractivity contribution in [2.24, 2.45) is 0 Å². The number of carbonyl (C=O) groups excluding carboxylic acids is 2. The van der Waals surface area contributed by atoms with E-state index < -0.39 is 18.5 Å². The van der Waals surface area contributed by atoms with Gasteiger partial charge in [0.25, 0.3) is 5.91 Å². The molecule has 0 fully saturated rings. The predicted octanol–water partition coefficient (Wildman–Crippen LogP) is 6.84. The summed E-state index contributed by atoms with van der Waals surface area (Å²) in [4.78, 5) is 30.3. The van der Waals surface area contributed by atoms with Crippen molar-refractivity contribution in [1.29, 1.82) is 0 Å². The minimum absolute atomic E-state index is 0.347. The van der Waals surface area contributed by atoms with E-state index in [1.807, 2.05) is 103 Å². The SMILES string of the molecule is CCc1ccc(NC(=O)COC(=O)c2cc(-c3ccc(OCc4ccccc4)cc3)nc3ccccc23)cc1. The third kappa shape index (κ3) is 6.48. The molecule has 0 aliphatic rings. The summed E-state index contributed by atoms with van der Waals surface area (Å²) < 4.78 is 11.3. The van der Waals surface area contributed by atoms with Crippen LogP contribution in [-0.2, 0) is 22.6 Å². The first-order valence-corrected chi connectivity index (χ1v) is 12.8. The number of nitrogens with one attached hydrogen (secondary N) is 1. The highest BCUT2D eigenvalue weighted by Crippen LogP contribution is 2.27. The fourth-order valence-electron chi connectivity index (χ4n) is 4.18. The van der Waals surface area contributed by atoms with Gasteiger partial charge in [0.05, 0.1) is 16.8 Å². The summed E-state index contributed by atoms with van der Waals surface area (Å²) in [5.74, 6) is -0.259. The van der Waals surface area contributed by atoms with Crippen LogP contribution in [0.4, 0.5) is 5.69 Å². The standard InChI is InChI=1S/C33H28N2O4/c1-2-23-12-16-26(17-13-23)34-32(36)22-39-33(37)29-20-31(35-30-11-7-6-10-28(29)30)25-14-18-27(19-15-25)38-21-24-8-4-3-5-9-24/h3-20H,2,21-22H2,1H3,(H,34,36). The van der Waals surface area contributed by atoms with Crippen molar-refractivity contribution in [2.45, 2.75) is 20.0 Å². The van der Waals surface area contributed by atoms with Gasteiger partial charge in [0.15, 0.2) is 6.61 Å². The van der Waals surface area contributed by atoms with E-state index in [4.69, 9.17) is 14.5 Å². The Morgan fingerprint density at radius 2 is 1.51 bits per heavy atom. The molecule has 0 spiro atoms. The molecule has 0 radical (unpaired) electrons.